The molecule has 1 saturated heterocycles. The molecule has 1 amide bonds. The third-order valence-electron chi connectivity index (χ3n) is 3.91. The van der Waals surface area contributed by atoms with E-state index in [1.165, 1.54) is 12.7 Å². The lowest BCUT2D eigenvalue weighted by Crippen LogP contribution is -2.45. The summed E-state index contributed by atoms with van der Waals surface area (Å²) in [6, 6.07) is 5.30. The van der Waals surface area contributed by atoms with Crippen molar-refractivity contribution in [1.29, 1.82) is 0 Å². The fourth-order valence-electron chi connectivity index (χ4n) is 2.65. The maximum absolute atomic E-state index is 12.4. The summed E-state index contributed by atoms with van der Waals surface area (Å²) < 4.78 is 4.99. The zero-order valence-electron chi connectivity index (χ0n) is 12.5. The zero-order valence-corrected chi connectivity index (χ0v) is 14.0. The standard InChI is InChI=1S/C16H17Cl2N3O2/c17-13-5-4-6-14(18)11(13)9-15-12(10-23-20-15)16(22)19-21-7-2-1-3-8-21/h4-6,10H,1-3,7-9H2,(H,19,22). The molecule has 0 atom stereocenters. The summed E-state index contributed by atoms with van der Waals surface area (Å²) in [6.45, 7) is 1.73. The molecule has 2 aromatic rings. The van der Waals surface area contributed by atoms with Crippen molar-refractivity contribution >= 4 is 29.1 Å². The molecular formula is C16H17Cl2N3O2. The van der Waals surface area contributed by atoms with E-state index in [1.807, 2.05) is 5.01 Å². The van der Waals surface area contributed by atoms with Crippen LogP contribution in [0.15, 0.2) is 29.0 Å². The van der Waals surface area contributed by atoms with Gasteiger partial charge in [-0.1, -0.05) is 40.8 Å². The lowest BCUT2D eigenvalue weighted by atomic mass is 10.1. The zero-order chi connectivity index (χ0) is 16.2. The second kappa shape index (κ2) is 7.34. The molecule has 2 heterocycles. The molecule has 1 fully saturated rings. The number of halogens is 2. The van der Waals surface area contributed by atoms with E-state index in [0.29, 0.717) is 27.7 Å². The Labute approximate surface area is 144 Å². The molecule has 1 N–H and O–H groups in total. The smallest absolute Gasteiger partial charge is 0.270 e. The highest BCUT2D eigenvalue weighted by Gasteiger charge is 2.21. The summed E-state index contributed by atoms with van der Waals surface area (Å²) in [5.41, 5.74) is 4.57. The van der Waals surface area contributed by atoms with Crippen LogP contribution in [0.4, 0.5) is 0 Å². The summed E-state index contributed by atoms with van der Waals surface area (Å²) in [7, 11) is 0. The second-order valence-corrected chi connectivity index (χ2v) is 6.35. The molecule has 0 radical (unpaired) electrons. The Morgan fingerprint density at radius 2 is 1.91 bits per heavy atom. The molecule has 122 valence electrons. The summed E-state index contributed by atoms with van der Waals surface area (Å²) in [5, 5.41) is 6.96. The topological polar surface area (TPSA) is 58.4 Å². The number of piperidine rings is 1. The van der Waals surface area contributed by atoms with Gasteiger partial charge in [0.15, 0.2) is 0 Å². The predicted octanol–water partition coefficient (Wildman–Crippen LogP) is 3.70. The first kappa shape index (κ1) is 16.3. The number of carbonyl (C=O) groups excluding carboxylic acids is 1. The maximum Gasteiger partial charge on any atom is 0.270 e. The first-order chi connectivity index (χ1) is 11.1. The molecule has 0 saturated carbocycles. The normalized spacial score (nSPS) is 15.6. The highest BCUT2D eigenvalue weighted by Crippen LogP contribution is 2.27. The molecule has 1 aliphatic heterocycles. The molecule has 7 heteroatoms. The SMILES string of the molecule is O=C(NN1CCCCC1)c1conc1Cc1c(Cl)cccc1Cl. The van der Waals surface area contributed by atoms with Gasteiger partial charge in [-0.25, -0.2) is 5.01 Å². The molecule has 0 bridgehead atoms. The van der Waals surface area contributed by atoms with Crippen LogP contribution < -0.4 is 5.43 Å². The van der Waals surface area contributed by atoms with E-state index in [0.717, 1.165) is 31.5 Å². The Morgan fingerprint density at radius 1 is 1.22 bits per heavy atom. The number of hydrogen-bond donors (Lipinski definition) is 1. The summed E-state index contributed by atoms with van der Waals surface area (Å²) in [5.74, 6) is -0.216. The van der Waals surface area contributed by atoms with Crippen molar-refractivity contribution in [1.82, 2.24) is 15.6 Å². The van der Waals surface area contributed by atoms with Gasteiger partial charge in [-0.15, -0.1) is 0 Å². The minimum atomic E-state index is -0.216. The van der Waals surface area contributed by atoms with Crippen molar-refractivity contribution < 1.29 is 9.32 Å². The first-order valence-corrected chi connectivity index (χ1v) is 8.33. The number of hydrogen-bond acceptors (Lipinski definition) is 4. The van der Waals surface area contributed by atoms with Gasteiger partial charge in [0.2, 0.25) is 0 Å². The number of nitrogens with one attached hydrogen (secondary N) is 1. The van der Waals surface area contributed by atoms with Crippen molar-refractivity contribution in [3.8, 4) is 0 Å². The minimum absolute atomic E-state index is 0.216. The number of amides is 1. The minimum Gasteiger partial charge on any atom is -0.364 e. The van der Waals surface area contributed by atoms with Gasteiger partial charge in [0.05, 0.1) is 0 Å². The van der Waals surface area contributed by atoms with Crippen LogP contribution in [0.25, 0.3) is 0 Å². The van der Waals surface area contributed by atoms with Crippen molar-refractivity contribution in [2.45, 2.75) is 25.7 Å². The van der Waals surface area contributed by atoms with Gasteiger partial charge in [0, 0.05) is 29.6 Å². The molecule has 3 rings (SSSR count). The molecular weight excluding hydrogens is 337 g/mol. The fraction of sp³-hybridized carbons (Fsp3) is 0.375. The Balaban J connectivity index is 1.75. The number of aromatic nitrogens is 1. The van der Waals surface area contributed by atoms with Gasteiger partial charge < -0.3 is 4.52 Å². The third kappa shape index (κ3) is 3.86. The summed E-state index contributed by atoms with van der Waals surface area (Å²) in [4.78, 5) is 12.4. The van der Waals surface area contributed by atoms with Crippen LogP contribution in [0.3, 0.4) is 0 Å². The molecule has 5 nitrogen and oxygen atoms in total. The van der Waals surface area contributed by atoms with Gasteiger partial charge >= 0.3 is 0 Å². The Hall–Kier alpha value is -1.56. The number of hydrazine groups is 1. The average Bonchev–Trinajstić information content (AvgIpc) is 3.00. The van der Waals surface area contributed by atoms with Crippen LogP contribution in [0.1, 0.15) is 40.9 Å². The van der Waals surface area contributed by atoms with E-state index >= 15 is 0 Å². The largest absolute Gasteiger partial charge is 0.364 e. The van der Waals surface area contributed by atoms with Gasteiger partial charge in [-0.2, -0.15) is 0 Å². The van der Waals surface area contributed by atoms with Crippen LogP contribution >= 0.6 is 23.2 Å². The van der Waals surface area contributed by atoms with Crippen molar-refractivity contribution in [3.63, 3.8) is 0 Å². The van der Waals surface area contributed by atoms with Crippen LogP contribution in [-0.2, 0) is 6.42 Å². The second-order valence-electron chi connectivity index (χ2n) is 5.54. The number of carbonyl (C=O) groups is 1. The van der Waals surface area contributed by atoms with Crippen molar-refractivity contribution in [2.24, 2.45) is 0 Å². The summed E-state index contributed by atoms with van der Waals surface area (Å²) in [6.07, 6.45) is 5.09. The fourth-order valence-corrected chi connectivity index (χ4v) is 3.18. The Kier molecular flexibility index (Phi) is 5.20. The van der Waals surface area contributed by atoms with Crippen molar-refractivity contribution in [2.75, 3.05) is 13.1 Å². The van der Waals surface area contributed by atoms with E-state index in [2.05, 4.69) is 10.6 Å². The summed E-state index contributed by atoms with van der Waals surface area (Å²) >= 11 is 12.4. The maximum atomic E-state index is 12.4. The lowest BCUT2D eigenvalue weighted by molar-refractivity contribution is 0.0748. The molecule has 0 spiro atoms. The highest BCUT2D eigenvalue weighted by atomic mass is 35.5. The van der Waals surface area contributed by atoms with Crippen LogP contribution in [0.2, 0.25) is 10.0 Å². The van der Waals surface area contributed by atoms with E-state index in [1.54, 1.807) is 18.2 Å². The Morgan fingerprint density at radius 3 is 2.61 bits per heavy atom. The van der Waals surface area contributed by atoms with E-state index in [4.69, 9.17) is 27.7 Å². The van der Waals surface area contributed by atoms with Crippen molar-refractivity contribution in [3.05, 3.63) is 51.3 Å². The van der Waals surface area contributed by atoms with Crippen LogP contribution in [0.5, 0.6) is 0 Å². The van der Waals surface area contributed by atoms with Gasteiger partial charge in [0.25, 0.3) is 5.91 Å². The molecule has 0 aliphatic carbocycles. The van der Waals surface area contributed by atoms with E-state index < -0.39 is 0 Å². The van der Waals surface area contributed by atoms with Crippen LogP contribution in [-0.4, -0.2) is 29.2 Å². The van der Waals surface area contributed by atoms with Gasteiger partial charge in [-0.05, 0) is 30.5 Å². The first-order valence-electron chi connectivity index (χ1n) is 7.57. The molecule has 1 aliphatic rings. The third-order valence-corrected chi connectivity index (χ3v) is 4.62. The predicted molar refractivity (Wildman–Crippen MR) is 88.7 cm³/mol. The van der Waals surface area contributed by atoms with Crippen LogP contribution in [0, 0.1) is 0 Å². The highest BCUT2D eigenvalue weighted by molar-refractivity contribution is 6.36. The van der Waals surface area contributed by atoms with E-state index in [9.17, 15) is 4.79 Å². The number of nitrogens with zero attached hydrogens (tertiary/aromatic N) is 2. The number of rotatable bonds is 4. The lowest BCUT2D eigenvalue weighted by Gasteiger charge is -2.26. The number of benzene rings is 1. The molecule has 1 aromatic carbocycles. The molecule has 0 unspecified atom stereocenters. The molecule has 1 aromatic heterocycles. The quantitative estimate of drug-likeness (QED) is 0.910. The molecule has 23 heavy (non-hydrogen) atoms. The van der Waals surface area contributed by atoms with Gasteiger partial charge in [-0.3, -0.25) is 10.2 Å². The van der Waals surface area contributed by atoms with E-state index in [-0.39, 0.29) is 5.91 Å². The average molecular weight is 354 g/mol. The Bertz CT molecular complexity index is 676. The monoisotopic (exact) mass is 353 g/mol. The van der Waals surface area contributed by atoms with Gasteiger partial charge in [0.1, 0.15) is 17.5 Å².